The second-order valence-electron chi connectivity index (χ2n) is 8.05. The van der Waals surface area contributed by atoms with E-state index in [-0.39, 0.29) is 6.01 Å². The Morgan fingerprint density at radius 1 is 1.16 bits per heavy atom. The van der Waals surface area contributed by atoms with Gasteiger partial charge in [-0.2, -0.15) is 4.98 Å². The summed E-state index contributed by atoms with van der Waals surface area (Å²) < 4.78 is 10.9. The summed E-state index contributed by atoms with van der Waals surface area (Å²) in [5, 5.41) is 9.81. The number of aliphatic imine (C=N–C) groups is 1. The summed E-state index contributed by atoms with van der Waals surface area (Å²) in [6.45, 7) is 1.78. The van der Waals surface area contributed by atoms with Crippen molar-refractivity contribution in [3.05, 3.63) is 94.3 Å². The van der Waals surface area contributed by atoms with E-state index in [9.17, 15) is 4.79 Å². The second kappa shape index (κ2) is 10.4. The number of carbonyl (C=O) groups is 1. The molecule has 0 spiro atoms. The van der Waals surface area contributed by atoms with Gasteiger partial charge in [0.05, 0.1) is 12.7 Å². The second-order valence-corrected chi connectivity index (χ2v) is 8.83. The minimum Gasteiger partial charge on any atom is -0.486 e. The number of nitrogens with one attached hydrogen (secondary N) is 3. The van der Waals surface area contributed by atoms with Gasteiger partial charge in [0, 0.05) is 28.0 Å². The van der Waals surface area contributed by atoms with Crippen molar-refractivity contribution < 1.29 is 13.9 Å². The number of hydrogen-bond acceptors (Lipinski definition) is 9. The van der Waals surface area contributed by atoms with Crippen molar-refractivity contribution in [3.63, 3.8) is 0 Å². The quantitative estimate of drug-likeness (QED) is 0.300. The SMILES string of the molecule is COC(=S)c1ccnc(NC(=O)C2=C(C)NC(Nc3nc4ccccc4o3)=N[C@H]2c2ccccc2Cl)c1. The lowest BCUT2D eigenvalue weighted by Gasteiger charge is -2.26. The van der Waals surface area contributed by atoms with Crippen LogP contribution in [0.4, 0.5) is 11.8 Å². The zero-order valence-corrected chi connectivity index (χ0v) is 21.4. The molecule has 0 fully saturated rings. The molecule has 37 heavy (non-hydrogen) atoms. The highest BCUT2D eigenvalue weighted by atomic mass is 35.5. The van der Waals surface area contributed by atoms with Crippen LogP contribution in [0.5, 0.6) is 0 Å². The van der Waals surface area contributed by atoms with Gasteiger partial charge in [0.2, 0.25) is 5.96 Å². The summed E-state index contributed by atoms with van der Waals surface area (Å²) >= 11 is 11.7. The summed E-state index contributed by atoms with van der Waals surface area (Å²) in [7, 11) is 1.49. The zero-order chi connectivity index (χ0) is 25.9. The molecule has 0 radical (unpaired) electrons. The molecular formula is C26H21ClN6O3S. The molecule has 0 saturated heterocycles. The van der Waals surface area contributed by atoms with E-state index >= 15 is 0 Å². The van der Waals surface area contributed by atoms with E-state index in [0.29, 0.717) is 55.3 Å². The van der Waals surface area contributed by atoms with Gasteiger partial charge in [0.1, 0.15) is 17.4 Å². The highest BCUT2D eigenvalue weighted by Crippen LogP contribution is 2.35. The molecule has 1 amide bonds. The summed E-state index contributed by atoms with van der Waals surface area (Å²) in [4.78, 5) is 27.0. The van der Waals surface area contributed by atoms with Crippen molar-refractivity contribution in [2.45, 2.75) is 13.0 Å². The molecule has 3 heterocycles. The third-order valence-corrected chi connectivity index (χ3v) is 6.37. The number of allylic oxidation sites excluding steroid dienone is 1. The first-order chi connectivity index (χ1) is 17.9. The number of thiocarbonyl (C=S) groups is 1. The predicted molar refractivity (Wildman–Crippen MR) is 147 cm³/mol. The number of ether oxygens (including phenoxy) is 1. The molecule has 2 aromatic heterocycles. The van der Waals surface area contributed by atoms with E-state index in [2.05, 4.69) is 25.9 Å². The van der Waals surface area contributed by atoms with Crippen LogP contribution >= 0.6 is 23.8 Å². The molecule has 9 nitrogen and oxygen atoms in total. The molecule has 1 aliphatic rings. The van der Waals surface area contributed by atoms with Crippen molar-refractivity contribution in [1.29, 1.82) is 0 Å². The standard InChI is InChI=1S/C26H21ClN6O3S/c1-14-21(23(34)31-20-13-15(11-12-28-20)24(37)35-2)22(16-7-3-4-8-17(16)27)32-25(29-14)33-26-30-18-9-5-6-10-19(18)36-26/h3-13,22H,1-2H3,(H,28,31,34)(H2,29,30,32,33)/t22-/m0/s1. The number of rotatable bonds is 5. The monoisotopic (exact) mass is 532 g/mol. The number of amides is 1. The average molecular weight is 533 g/mol. The summed E-state index contributed by atoms with van der Waals surface area (Å²) in [6.07, 6.45) is 1.54. The molecule has 4 aromatic rings. The highest BCUT2D eigenvalue weighted by molar-refractivity contribution is 7.80. The number of pyridine rings is 1. The number of anilines is 2. The number of carbonyl (C=O) groups excluding carboxylic acids is 1. The Bertz CT molecular complexity index is 1550. The third-order valence-electron chi connectivity index (χ3n) is 5.63. The van der Waals surface area contributed by atoms with Gasteiger partial charge in [-0.1, -0.05) is 41.9 Å². The van der Waals surface area contributed by atoms with Gasteiger partial charge >= 0.3 is 6.01 Å². The molecule has 2 aromatic carbocycles. The molecule has 5 rings (SSSR count). The number of aromatic nitrogens is 2. The van der Waals surface area contributed by atoms with Crippen molar-refractivity contribution >= 4 is 63.7 Å². The van der Waals surface area contributed by atoms with Crippen LogP contribution < -0.4 is 16.0 Å². The maximum absolute atomic E-state index is 13.5. The van der Waals surface area contributed by atoms with E-state index in [4.69, 9.17) is 38.0 Å². The number of guanidine groups is 1. The summed E-state index contributed by atoms with van der Waals surface area (Å²) in [5.74, 6) is 0.281. The number of methoxy groups -OCH3 is 1. The first-order valence-electron chi connectivity index (χ1n) is 11.2. The van der Waals surface area contributed by atoms with Crippen LogP contribution in [0.15, 0.2) is 87.5 Å². The van der Waals surface area contributed by atoms with Gasteiger partial charge in [-0.25, -0.2) is 9.98 Å². The summed E-state index contributed by atoms with van der Waals surface area (Å²) in [5.41, 5.74) is 3.57. The molecule has 11 heteroatoms. The van der Waals surface area contributed by atoms with Crippen LogP contribution in [-0.2, 0) is 9.53 Å². The summed E-state index contributed by atoms with van der Waals surface area (Å²) in [6, 6.07) is 17.6. The number of halogens is 1. The Balaban J connectivity index is 1.47. The van der Waals surface area contributed by atoms with E-state index in [1.54, 1.807) is 31.3 Å². The molecule has 1 aliphatic heterocycles. The van der Waals surface area contributed by atoms with Gasteiger partial charge in [-0.05, 0) is 49.5 Å². The molecule has 0 bridgehead atoms. The lowest BCUT2D eigenvalue weighted by Crippen LogP contribution is -2.37. The van der Waals surface area contributed by atoms with Crippen LogP contribution in [0.2, 0.25) is 5.02 Å². The van der Waals surface area contributed by atoms with Crippen molar-refractivity contribution in [2.24, 2.45) is 4.99 Å². The van der Waals surface area contributed by atoms with Crippen LogP contribution in [0.3, 0.4) is 0 Å². The van der Waals surface area contributed by atoms with Gasteiger partial charge in [-0.3, -0.25) is 10.1 Å². The third kappa shape index (κ3) is 5.16. The van der Waals surface area contributed by atoms with E-state index in [1.165, 1.54) is 7.11 Å². The molecule has 186 valence electrons. The van der Waals surface area contributed by atoms with E-state index in [0.717, 1.165) is 0 Å². The number of benzene rings is 2. The lowest BCUT2D eigenvalue weighted by molar-refractivity contribution is -0.113. The smallest absolute Gasteiger partial charge is 0.302 e. The molecule has 1 atom stereocenters. The lowest BCUT2D eigenvalue weighted by atomic mass is 9.95. The first kappa shape index (κ1) is 24.4. The van der Waals surface area contributed by atoms with Crippen LogP contribution in [0, 0.1) is 0 Å². The number of para-hydroxylation sites is 2. The van der Waals surface area contributed by atoms with Crippen molar-refractivity contribution in [1.82, 2.24) is 15.3 Å². The molecule has 0 unspecified atom stereocenters. The average Bonchev–Trinajstić information content (AvgIpc) is 3.30. The number of oxazole rings is 1. The number of fused-ring (bicyclic) bond motifs is 1. The fraction of sp³-hybridized carbons (Fsp3) is 0.115. The number of nitrogens with zero attached hydrogens (tertiary/aromatic N) is 3. The molecule has 0 aliphatic carbocycles. The van der Waals surface area contributed by atoms with Gasteiger partial charge in [-0.15, -0.1) is 0 Å². The zero-order valence-electron chi connectivity index (χ0n) is 19.8. The topological polar surface area (TPSA) is 114 Å². The minimum absolute atomic E-state index is 0.265. The van der Waals surface area contributed by atoms with Crippen LogP contribution in [0.25, 0.3) is 11.1 Å². The molecular weight excluding hydrogens is 512 g/mol. The van der Waals surface area contributed by atoms with Gasteiger partial charge < -0.3 is 19.8 Å². The Kier molecular flexibility index (Phi) is 6.85. The largest absolute Gasteiger partial charge is 0.486 e. The Morgan fingerprint density at radius 3 is 2.73 bits per heavy atom. The van der Waals surface area contributed by atoms with E-state index in [1.807, 2.05) is 42.5 Å². The van der Waals surface area contributed by atoms with Gasteiger partial charge in [0.25, 0.3) is 5.91 Å². The Morgan fingerprint density at radius 2 is 1.95 bits per heavy atom. The highest BCUT2D eigenvalue weighted by Gasteiger charge is 2.31. The minimum atomic E-state index is -0.718. The predicted octanol–water partition coefficient (Wildman–Crippen LogP) is 5.22. The fourth-order valence-corrected chi connectivity index (χ4v) is 4.28. The van der Waals surface area contributed by atoms with E-state index < -0.39 is 11.9 Å². The molecule has 3 N–H and O–H groups in total. The number of hydrogen-bond donors (Lipinski definition) is 3. The van der Waals surface area contributed by atoms with Crippen molar-refractivity contribution in [2.75, 3.05) is 17.7 Å². The van der Waals surface area contributed by atoms with Crippen molar-refractivity contribution in [3.8, 4) is 0 Å². The normalized spacial score (nSPS) is 15.1. The van der Waals surface area contributed by atoms with Gasteiger partial charge in [0.15, 0.2) is 10.6 Å². The maximum Gasteiger partial charge on any atom is 0.302 e. The molecule has 0 saturated carbocycles. The Hall–Kier alpha value is -4.28. The maximum atomic E-state index is 13.5. The van der Waals surface area contributed by atoms with Crippen LogP contribution in [0.1, 0.15) is 24.1 Å². The van der Waals surface area contributed by atoms with Crippen LogP contribution in [-0.4, -0.2) is 34.0 Å². The Labute approximate surface area is 222 Å². The fourth-order valence-electron chi connectivity index (χ4n) is 3.91. The first-order valence-corrected chi connectivity index (χ1v) is 12.0.